The topological polar surface area (TPSA) is 68.9 Å². The number of carbonyl (C=O) groups is 1. The lowest BCUT2D eigenvalue weighted by atomic mass is 10.1. The fourth-order valence-electron chi connectivity index (χ4n) is 2.22. The van der Waals surface area contributed by atoms with Crippen LogP contribution in [0.4, 0.5) is 0 Å². The van der Waals surface area contributed by atoms with E-state index in [1.54, 1.807) is 41.7 Å². The summed E-state index contributed by atoms with van der Waals surface area (Å²) in [6, 6.07) is 10.9. The highest BCUT2D eigenvalue weighted by Gasteiger charge is 2.36. The maximum Gasteiger partial charge on any atom is 0.283 e. The lowest BCUT2D eigenvalue weighted by Crippen LogP contribution is -2.35. The van der Waals surface area contributed by atoms with Crippen LogP contribution in [0.15, 0.2) is 57.4 Å². The molecule has 4 rings (SSSR count). The quantitative estimate of drug-likeness (QED) is 0.808. The average Bonchev–Trinajstić information content (AvgIpc) is 3.22. The zero-order chi connectivity index (χ0) is 16.7. The number of hydrogen-bond acceptors (Lipinski definition) is 5. The van der Waals surface area contributed by atoms with E-state index >= 15 is 0 Å². The number of nitrogens with zero attached hydrogens (tertiary/aromatic N) is 3. The number of carbonyl (C=O) groups excluding carboxylic acids is 1. The Morgan fingerprint density at radius 2 is 2.00 bits per heavy atom. The van der Waals surface area contributed by atoms with Crippen LogP contribution in [0.2, 0.25) is 5.02 Å². The molecule has 2 aliphatic heterocycles. The summed E-state index contributed by atoms with van der Waals surface area (Å²) < 4.78 is 0. The predicted octanol–water partition coefficient (Wildman–Crippen LogP) is 4.07. The molecule has 24 heavy (non-hydrogen) atoms. The van der Waals surface area contributed by atoms with Gasteiger partial charge in [0.05, 0.1) is 10.5 Å². The van der Waals surface area contributed by atoms with Crippen LogP contribution in [0.3, 0.4) is 0 Å². The van der Waals surface area contributed by atoms with Gasteiger partial charge in [0.1, 0.15) is 5.04 Å². The number of halogens is 1. The van der Waals surface area contributed by atoms with Crippen LogP contribution < -0.4 is 0 Å². The second-order valence-corrected chi connectivity index (χ2v) is 7.29. The van der Waals surface area contributed by atoms with Gasteiger partial charge in [-0.3, -0.25) is 10.2 Å². The first-order chi connectivity index (χ1) is 11.6. The van der Waals surface area contributed by atoms with Gasteiger partial charge in [-0.15, -0.1) is 11.3 Å². The highest BCUT2D eigenvalue weighted by Crippen LogP contribution is 2.32. The van der Waals surface area contributed by atoms with Crippen LogP contribution in [0.1, 0.15) is 10.4 Å². The second kappa shape index (κ2) is 6.01. The van der Waals surface area contributed by atoms with Crippen molar-refractivity contribution in [3.63, 3.8) is 0 Å². The normalized spacial score (nSPS) is 18.7. The average molecular weight is 373 g/mol. The van der Waals surface area contributed by atoms with Gasteiger partial charge in [-0.1, -0.05) is 29.8 Å². The second-order valence-electron chi connectivity index (χ2n) is 4.95. The number of rotatable bonds is 2. The van der Waals surface area contributed by atoms with Crippen LogP contribution in [0.5, 0.6) is 0 Å². The van der Waals surface area contributed by atoms with E-state index in [1.165, 1.54) is 16.8 Å². The van der Waals surface area contributed by atoms with E-state index in [-0.39, 0.29) is 11.4 Å². The lowest BCUT2D eigenvalue weighted by Gasteiger charge is -2.20. The van der Waals surface area contributed by atoms with Crippen molar-refractivity contribution in [2.24, 2.45) is 10.1 Å². The zero-order valence-electron chi connectivity index (χ0n) is 12.1. The fraction of sp³-hybridized carbons (Fsp3) is 0. The van der Waals surface area contributed by atoms with Crippen LogP contribution in [-0.2, 0) is 4.79 Å². The van der Waals surface area contributed by atoms with E-state index in [4.69, 9.17) is 17.0 Å². The van der Waals surface area contributed by atoms with Gasteiger partial charge in [0, 0.05) is 5.02 Å². The number of fused-ring (bicyclic) bond motifs is 1. The van der Waals surface area contributed by atoms with Crippen molar-refractivity contribution in [1.29, 1.82) is 5.41 Å². The number of hydrogen-bond donors (Lipinski definition) is 1. The third kappa shape index (κ3) is 2.71. The Morgan fingerprint density at radius 3 is 2.71 bits per heavy atom. The number of thioether (sulfide) groups is 1. The zero-order valence-corrected chi connectivity index (χ0v) is 14.5. The molecule has 1 amide bonds. The standard InChI is InChI=1S/C16H9ClN4OS2/c17-10-5-3-9(4-6-10)8-11-13(18)21-16(19-14(11)22)24-15(20-21)12-2-1-7-23-12/h1-8,18H. The van der Waals surface area contributed by atoms with E-state index in [0.717, 1.165) is 15.5 Å². The first-order valence-corrected chi connectivity index (χ1v) is 8.99. The van der Waals surface area contributed by atoms with Gasteiger partial charge >= 0.3 is 0 Å². The van der Waals surface area contributed by atoms with Crippen LogP contribution in [0.25, 0.3) is 6.08 Å². The van der Waals surface area contributed by atoms with Gasteiger partial charge in [0.25, 0.3) is 5.91 Å². The van der Waals surface area contributed by atoms with Gasteiger partial charge in [0.15, 0.2) is 5.84 Å². The Bertz CT molecular complexity index is 929. The number of amides is 1. The molecule has 0 spiro atoms. The minimum atomic E-state index is -0.434. The van der Waals surface area contributed by atoms with E-state index in [9.17, 15) is 4.79 Å². The van der Waals surface area contributed by atoms with Crippen LogP contribution in [0, 0.1) is 5.41 Å². The molecule has 0 atom stereocenters. The molecule has 0 radical (unpaired) electrons. The molecule has 0 fully saturated rings. The summed E-state index contributed by atoms with van der Waals surface area (Å²) >= 11 is 8.73. The molecule has 2 aliphatic rings. The fourth-order valence-corrected chi connectivity index (χ4v) is 4.03. The van der Waals surface area contributed by atoms with Crippen LogP contribution in [-0.4, -0.2) is 27.0 Å². The van der Waals surface area contributed by atoms with Gasteiger partial charge in [0.2, 0.25) is 5.17 Å². The van der Waals surface area contributed by atoms with Crippen LogP contribution >= 0.6 is 34.7 Å². The van der Waals surface area contributed by atoms with Crippen molar-refractivity contribution in [3.05, 3.63) is 62.8 Å². The molecular weight excluding hydrogens is 364 g/mol. The molecule has 1 N–H and O–H groups in total. The third-order valence-corrected chi connectivity index (χ3v) is 5.57. The molecule has 3 heterocycles. The number of hydrazone groups is 1. The van der Waals surface area contributed by atoms with Crippen molar-refractivity contribution >= 4 is 62.7 Å². The highest BCUT2D eigenvalue weighted by atomic mass is 35.5. The first-order valence-electron chi connectivity index (χ1n) is 6.91. The first kappa shape index (κ1) is 15.3. The molecule has 8 heteroatoms. The maximum absolute atomic E-state index is 12.3. The van der Waals surface area contributed by atoms with Gasteiger partial charge in [-0.25, -0.2) is 0 Å². The number of amidine groups is 2. The predicted molar refractivity (Wildman–Crippen MR) is 99.9 cm³/mol. The molecule has 0 unspecified atom stereocenters. The minimum Gasteiger partial charge on any atom is -0.282 e. The molecule has 0 aliphatic carbocycles. The summed E-state index contributed by atoms with van der Waals surface area (Å²) in [5.41, 5.74) is 0.985. The van der Waals surface area contributed by atoms with Crippen molar-refractivity contribution in [3.8, 4) is 0 Å². The summed E-state index contributed by atoms with van der Waals surface area (Å²) in [6.45, 7) is 0. The number of thiophene rings is 1. The summed E-state index contributed by atoms with van der Waals surface area (Å²) in [5.74, 6) is -0.407. The maximum atomic E-state index is 12.3. The van der Waals surface area contributed by atoms with E-state index in [2.05, 4.69) is 10.1 Å². The molecule has 118 valence electrons. The Morgan fingerprint density at radius 1 is 1.21 bits per heavy atom. The smallest absolute Gasteiger partial charge is 0.282 e. The monoisotopic (exact) mass is 372 g/mol. The third-order valence-electron chi connectivity index (χ3n) is 3.37. The van der Waals surface area contributed by atoms with Crippen molar-refractivity contribution in [2.45, 2.75) is 0 Å². The van der Waals surface area contributed by atoms with Crippen molar-refractivity contribution in [2.75, 3.05) is 0 Å². The molecule has 1 aromatic carbocycles. The minimum absolute atomic E-state index is 0.0269. The molecule has 0 saturated carbocycles. The van der Waals surface area contributed by atoms with Gasteiger partial charge in [-0.2, -0.15) is 15.1 Å². The van der Waals surface area contributed by atoms with E-state index in [1.807, 2.05) is 17.5 Å². The molecular formula is C16H9ClN4OS2. The Kier molecular flexibility index (Phi) is 3.84. The number of nitrogens with one attached hydrogen (secondary N) is 1. The Labute approximate surface area is 150 Å². The van der Waals surface area contributed by atoms with Gasteiger partial charge < -0.3 is 0 Å². The Hall–Kier alpha value is -2.22. The molecule has 0 bridgehead atoms. The van der Waals surface area contributed by atoms with Gasteiger partial charge in [-0.05, 0) is 47.0 Å². The summed E-state index contributed by atoms with van der Waals surface area (Å²) in [6.07, 6.45) is 1.63. The molecule has 1 aromatic heterocycles. The van der Waals surface area contributed by atoms with E-state index < -0.39 is 5.91 Å². The van der Waals surface area contributed by atoms with Crippen molar-refractivity contribution < 1.29 is 4.79 Å². The summed E-state index contributed by atoms with van der Waals surface area (Å²) in [7, 11) is 0. The summed E-state index contributed by atoms with van der Waals surface area (Å²) in [5, 5.41) is 17.9. The molecule has 2 aromatic rings. The number of aliphatic imine (C=N–C) groups is 1. The SMILES string of the molecule is N=C1C(=Cc2ccc(Cl)cc2)C(=O)N=C2SC(c3cccs3)=NN12. The largest absolute Gasteiger partial charge is 0.283 e. The lowest BCUT2D eigenvalue weighted by molar-refractivity contribution is -0.114. The summed E-state index contributed by atoms with van der Waals surface area (Å²) in [4.78, 5) is 17.4. The molecule has 0 saturated heterocycles. The Balaban J connectivity index is 1.70. The molecule has 5 nitrogen and oxygen atoms in total. The number of benzene rings is 1. The highest BCUT2D eigenvalue weighted by molar-refractivity contribution is 8.27. The van der Waals surface area contributed by atoms with E-state index in [0.29, 0.717) is 10.2 Å². The van der Waals surface area contributed by atoms with Crippen molar-refractivity contribution in [1.82, 2.24) is 5.01 Å².